The van der Waals surface area contributed by atoms with Crippen molar-refractivity contribution in [3.8, 4) is 0 Å². The summed E-state index contributed by atoms with van der Waals surface area (Å²) in [5.41, 5.74) is 8.17. The second kappa shape index (κ2) is 4.93. The number of rotatable bonds is 2. The van der Waals surface area contributed by atoms with Crippen molar-refractivity contribution in [2.75, 3.05) is 13.1 Å². The second-order valence-corrected chi connectivity index (χ2v) is 4.71. The molecule has 0 saturated carbocycles. The van der Waals surface area contributed by atoms with Gasteiger partial charge in [-0.25, -0.2) is 4.39 Å². The molecule has 1 aliphatic rings. The van der Waals surface area contributed by atoms with Crippen LogP contribution in [0.5, 0.6) is 0 Å². The number of likely N-dealkylation sites (tertiary alicyclic amines) is 1. The molecule has 2 nitrogen and oxygen atoms in total. The largest absolute Gasteiger partial charge is 0.327 e. The zero-order valence-corrected chi connectivity index (χ0v) is 9.75. The van der Waals surface area contributed by atoms with Gasteiger partial charge in [-0.2, -0.15) is 0 Å². The minimum Gasteiger partial charge on any atom is -0.327 e. The first-order chi connectivity index (χ1) is 7.65. The molecule has 2 rings (SSSR count). The molecule has 0 spiro atoms. The molecule has 88 valence electrons. The van der Waals surface area contributed by atoms with Gasteiger partial charge in [-0.15, -0.1) is 0 Å². The van der Waals surface area contributed by atoms with Crippen LogP contribution >= 0.6 is 0 Å². The highest BCUT2D eigenvalue weighted by atomic mass is 19.1. The number of benzene rings is 1. The SMILES string of the molecule is Cc1cc(F)ccc1CN1CCCC(N)C1. The molecule has 1 aromatic carbocycles. The molecule has 1 heterocycles. The average molecular weight is 222 g/mol. The van der Waals surface area contributed by atoms with Crippen LogP contribution in [0.2, 0.25) is 0 Å². The molecule has 1 atom stereocenters. The first kappa shape index (κ1) is 11.6. The van der Waals surface area contributed by atoms with Gasteiger partial charge < -0.3 is 5.73 Å². The molecular formula is C13H19FN2. The highest BCUT2D eigenvalue weighted by Gasteiger charge is 2.17. The highest BCUT2D eigenvalue weighted by Crippen LogP contribution is 2.16. The van der Waals surface area contributed by atoms with Gasteiger partial charge >= 0.3 is 0 Å². The number of aryl methyl sites for hydroxylation is 1. The van der Waals surface area contributed by atoms with E-state index < -0.39 is 0 Å². The van der Waals surface area contributed by atoms with Gasteiger partial charge in [0.05, 0.1) is 0 Å². The number of nitrogens with zero attached hydrogens (tertiary/aromatic N) is 1. The van der Waals surface area contributed by atoms with Crippen LogP contribution in [-0.4, -0.2) is 24.0 Å². The Kier molecular flexibility index (Phi) is 3.56. The summed E-state index contributed by atoms with van der Waals surface area (Å²) in [4.78, 5) is 2.36. The van der Waals surface area contributed by atoms with Crippen LogP contribution in [0.3, 0.4) is 0 Å². The lowest BCUT2D eigenvalue weighted by molar-refractivity contribution is 0.201. The lowest BCUT2D eigenvalue weighted by Crippen LogP contribution is -2.42. The van der Waals surface area contributed by atoms with E-state index in [0.717, 1.165) is 31.6 Å². The Morgan fingerprint density at radius 2 is 2.31 bits per heavy atom. The predicted octanol–water partition coefficient (Wildman–Crippen LogP) is 2.06. The molecule has 0 aliphatic carbocycles. The minimum atomic E-state index is -0.156. The van der Waals surface area contributed by atoms with E-state index in [2.05, 4.69) is 4.90 Å². The van der Waals surface area contributed by atoms with Gasteiger partial charge in [0.25, 0.3) is 0 Å². The van der Waals surface area contributed by atoms with Crippen LogP contribution in [0.25, 0.3) is 0 Å². The van der Waals surface area contributed by atoms with Gasteiger partial charge in [0.15, 0.2) is 0 Å². The summed E-state index contributed by atoms with van der Waals surface area (Å²) in [5, 5.41) is 0. The first-order valence-corrected chi connectivity index (χ1v) is 5.88. The normalized spacial score (nSPS) is 22.3. The maximum absolute atomic E-state index is 13.0. The van der Waals surface area contributed by atoms with Gasteiger partial charge in [0, 0.05) is 19.1 Å². The summed E-state index contributed by atoms with van der Waals surface area (Å²) in [7, 11) is 0. The molecule has 0 amide bonds. The number of nitrogens with two attached hydrogens (primary N) is 1. The summed E-state index contributed by atoms with van der Waals surface area (Å²) in [5.74, 6) is -0.156. The van der Waals surface area contributed by atoms with E-state index in [1.54, 1.807) is 6.07 Å². The van der Waals surface area contributed by atoms with Crippen molar-refractivity contribution in [2.45, 2.75) is 32.4 Å². The molecule has 16 heavy (non-hydrogen) atoms. The lowest BCUT2D eigenvalue weighted by atomic mass is 10.0. The molecule has 0 bridgehead atoms. The fourth-order valence-electron chi connectivity index (χ4n) is 2.31. The highest BCUT2D eigenvalue weighted by molar-refractivity contribution is 5.26. The van der Waals surface area contributed by atoms with Crippen molar-refractivity contribution in [1.82, 2.24) is 4.90 Å². The lowest BCUT2D eigenvalue weighted by Gasteiger charge is -2.31. The van der Waals surface area contributed by atoms with Gasteiger partial charge in [-0.05, 0) is 49.6 Å². The van der Waals surface area contributed by atoms with Crippen molar-refractivity contribution in [1.29, 1.82) is 0 Å². The molecule has 3 heteroatoms. The zero-order chi connectivity index (χ0) is 11.5. The van der Waals surface area contributed by atoms with E-state index in [-0.39, 0.29) is 5.82 Å². The standard InChI is InChI=1S/C13H19FN2/c1-10-7-12(14)5-4-11(10)8-16-6-2-3-13(15)9-16/h4-5,7,13H,2-3,6,8-9,15H2,1H3. The quantitative estimate of drug-likeness (QED) is 0.830. The third kappa shape index (κ3) is 2.80. The molecule has 1 aromatic rings. The van der Waals surface area contributed by atoms with Gasteiger partial charge in [-0.3, -0.25) is 4.90 Å². The Morgan fingerprint density at radius 3 is 3.00 bits per heavy atom. The van der Waals surface area contributed by atoms with Crippen molar-refractivity contribution in [3.63, 3.8) is 0 Å². The molecule has 1 aliphatic heterocycles. The van der Waals surface area contributed by atoms with Crippen molar-refractivity contribution in [2.24, 2.45) is 5.73 Å². The minimum absolute atomic E-state index is 0.156. The Balaban J connectivity index is 2.02. The second-order valence-electron chi connectivity index (χ2n) is 4.71. The first-order valence-electron chi connectivity index (χ1n) is 5.88. The van der Waals surface area contributed by atoms with E-state index in [4.69, 9.17) is 5.73 Å². The van der Waals surface area contributed by atoms with E-state index in [9.17, 15) is 4.39 Å². The molecule has 1 saturated heterocycles. The fourth-order valence-corrected chi connectivity index (χ4v) is 2.31. The van der Waals surface area contributed by atoms with Crippen LogP contribution in [0.4, 0.5) is 4.39 Å². The van der Waals surface area contributed by atoms with E-state index in [0.29, 0.717) is 6.04 Å². The molecule has 1 fully saturated rings. The van der Waals surface area contributed by atoms with Crippen LogP contribution in [0, 0.1) is 12.7 Å². The number of hydrogen-bond acceptors (Lipinski definition) is 2. The van der Waals surface area contributed by atoms with Crippen LogP contribution in [0.1, 0.15) is 24.0 Å². The topological polar surface area (TPSA) is 29.3 Å². The maximum Gasteiger partial charge on any atom is 0.123 e. The molecule has 1 unspecified atom stereocenters. The Bertz CT molecular complexity index is 365. The van der Waals surface area contributed by atoms with Gasteiger partial charge in [0.1, 0.15) is 5.82 Å². The number of piperidine rings is 1. The Labute approximate surface area is 96.2 Å². The number of halogens is 1. The van der Waals surface area contributed by atoms with E-state index in [1.807, 2.05) is 13.0 Å². The number of hydrogen-bond donors (Lipinski definition) is 1. The predicted molar refractivity (Wildman–Crippen MR) is 63.6 cm³/mol. The maximum atomic E-state index is 13.0. The van der Waals surface area contributed by atoms with Crippen molar-refractivity contribution < 1.29 is 4.39 Å². The van der Waals surface area contributed by atoms with Crippen LogP contribution < -0.4 is 5.73 Å². The summed E-state index contributed by atoms with van der Waals surface area (Å²) < 4.78 is 13.0. The third-order valence-corrected chi connectivity index (χ3v) is 3.24. The Morgan fingerprint density at radius 1 is 1.50 bits per heavy atom. The average Bonchev–Trinajstić information content (AvgIpc) is 2.22. The summed E-state index contributed by atoms with van der Waals surface area (Å²) >= 11 is 0. The molecule has 2 N–H and O–H groups in total. The van der Waals surface area contributed by atoms with E-state index >= 15 is 0 Å². The molecule has 0 aromatic heterocycles. The molecular weight excluding hydrogens is 203 g/mol. The Hall–Kier alpha value is -0.930. The van der Waals surface area contributed by atoms with Crippen molar-refractivity contribution in [3.05, 3.63) is 35.1 Å². The summed E-state index contributed by atoms with van der Waals surface area (Å²) in [6.07, 6.45) is 2.29. The monoisotopic (exact) mass is 222 g/mol. The van der Waals surface area contributed by atoms with Gasteiger partial charge in [-0.1, -0.05) is 6.07 Å². The fraction of sp³-hybridized carbons (Fsp3) is 0.538. The van der Waals surface area contributed by atoms with Crippen LogP contribution in [0.15, 0.2) is 18.2 Å². The smallest absolute Gasteiger partial charge is 0.123 e. The van der Waals surface area contributed by atoms with Crippen LogP contribution in [-0.2, 0) is 6.54 Å². The zero-order valence-electron chi connectivity index (χ0n) is 9.75. The summed E-state index contributed by atoms with van der Waals surface area (Å²) in [6.45, 7) is 4.91. The van der Waals surface area contributed by atoms with E-state index in [1.165, 1.54) is 18.1 Å². The summed E-state index contributed by atoms with van der Waals surface area (Å²) in [6, 6.07) is 5.31. The third-order valence-electron chi connectivity index (χ3n) is 3.24. The molecule has 0 radical (unpaired) electrons. The van der Waals surface area contributed by atoms with Crippen molar-refractivity contribution >= 4 is 0 Å². The van der Waals surface area contributed by atoms with Gasteiger partial charge in [0.2, 0.25) is 0 Å².